The molecule has 114 valence electrons. The zero-order valence-electron chi connectivity index (χ0n) is 11.0. The molecule has 22 heavy (non-hydrogen) atoms. The van der Waals surface area contributed by atoms with Crippen LogP contribution in [0.3, 0.4) is 0 Å². The Morgan fingerprint density at radius 1 is 1.09 bits per heavy atom. The summed E-state index contributed by atoms with van der Waals surface area (Å²) < 4.78 is 26.2. The number of rotatable bonds is 3. The van der Waals surface area contributed by atoms with E-state index in [-0.39, 0.29) is 15.7 Å². The monoisotopic (exact) mass is 341 g/mol. The molecule has 0 aliphatic heterocycles. The van der Waals surface area contributed by atoms with Gasteiger partial charge < -0.3 is 16.4 Å². The van der Waals surface area contributed by atoms with E-state index in [1.807, 2.05) is 0 Å². The lowest BCUT2D eigenvalue weighted by Gasteiger charge is -2.09. The van der Waals surface area contributed by atoms with Crippen molar-refractivity contribution in [3.05, 3.63) is 58.6 Å². The van der Waals surface area contributed by atoms with Crippen LogP contribution < -0.4 is 16.4 Å². The van der Waals surface area contributed by atoms with Gasteiger partial charge in [-0.15, -0.1) is 0 Å². The minimum Gasteiger partial charge on any atom is -0.376 e. The van der Waals surface area contributed by atoms with Crippen molar-refractivity contribution in [1.29, 1.82) is 0 Å². The lowest BCUT2D eigenvalue weighted by Crippen LogP contribution is -2.19. The molecule has 0 saturated carbocycles. The first-order valence-corrected chi connectivity index (χ1v) is 6.78. The van der Waals surface area contributed by atoms with E-state index < -0.39 is 17.5 Å². The Morgan fingerprint density at radius 3 is 2.32 bits per heavy atom. The van der Waals surface area contributed by atoms with Gasteiger partial charge in [-0.05, 0) is 42.5 Å². The van der Waals surface area contributed by atoms with Crippen LogP contribution in [-0.2, 0) is 0 Å². The highest BCUT2D eigenvalue weighted by Crippen LogP contribution is 2.22. The van der Waals surface area contributed by atoms with E-state index in [0.29, 0.717) is 11.4 Å². The number of benzene rings is 2. The predicted molar refractivity (Wildman–Crippen MR) is 86.2 cm³/mol. The van der Waals surface area contributed by atoms with Gasteiger partial charge >= 0.3 is 0 Å². The van der Waals surface area contributed by atoms with E-state index >= 15 is 0 Å². The maximum Gasteiger partial charge on any atom is 0.257 e. The quantitative estimate of drug-likeness (QED) is 0.590. The SMILES string of the molecule is NC(=S)Nc1cccc(NC(=O)c2cc(F)c(F)cc2Cl)c1. The lowest BCUT2D eigenvalue weighted by atomic mass is 10.2. The predicted octanol–water partition coefficient (Wildman–Crippen LogP) is 3.53. The largest absolute Gasteiger partial charge is 0.376 e. The fourth-order valence-electron chi connectivity index (χ4n) is 1.71. The Labute approximate surface area is 135 Å². The van der Waals surface area contributed by atoms with Gasteiger partial charge in [0, 0.05) is 11.4 Å². The van der Waals surface area contributed by atoms with Gasteiger partial charge in [-0.3, -0.25) is 4.79 Å². The van der Waals surface area contributed by atoms with Gasteiger partial charge in [-0.2, -0.15) is 0 Å². The molecule has 0 aliphatic rings. The van der Waals surface area contributed by atoms with E-state index in [4.69, 9.17) is 29.6 Å². The molecule has 0 fully saturated rings. The Hall–Kier alpha value is -2.25. The molecule has 4 nitrogen and oxygen atoms in total. The topological polar surface area (TPSA) is 67.2 Å². The number of halogens is 3. The van der Waals surface area contributed by atoms with Gasteiger partial charge in [-0.25, -0.2) is 8.78 Å². The molecule has 2 rings (SSSR count). The van der Waals surface area contributed by atoms with E-state index in [2.05, 4.69) is 10.6 Å². The van der Waals surface area contributed by atoms with E-state index in [1.165, 1.54) is 0 Å². The highest BCUT2D eigenvalue weighted by molar-refractivity contribution is 7.80. The van der Waals surface area contributed by atoms with Gasteiger partial charge in [0.2, 0.25) is 0 Å². The van der Waals surface area contributed by atoms with Crippen LogP contribution in [0.15, 0.2) is 36.4 Å². The Balaban J connectivity index is 2.22. The van der Waals surface area contributed by atoms with Crippen molar-refractivity contribution >= 4 is 46.2 Å². The number of hydrogen-bond donors (Lipinski definition) is 3. The van der Waals surface area contributed by atoms with Crippen LogP contribution in [0.5, 0.6) is 0 Å². The standard InChI is InChI=1S/C14H10ClF2N3OS/c15-10-6-12(17)11(16)5-9(10)13(21)19-7-2-1-3-8(4-7)20-14(18)22/h1-6H,(H,19,21)(H3,18,20,22). The number of carbonyl (C=O) groups is 1. The summed E-state index contributed by atoms with van der Waals surface area (Å²) in [5.74, 6) is -2.95. The molecule has 4 N–H and O–H groups in total. The molecule has 0 aromatic heterocycles. The van der Waals surface area contributed by atoms with Crippen molar-refractivity contribution in [2.24, 2.45) is 5.73 Å². The zero-order chi connectivity index (χ0) is 16.3. The lowest BCUT2D eigenvalue weighted by molar-refractivity contribution is 0.102. The Kier molecular flexibility index (Phi) is 4.89. The number of nitrogens with two attached hydrogens (primary N) is 1. The number of anilines is 2. The zero-order valence-corrected chi connectivity index (χ0v) is 12.6. The van der Waals surface area contributed by atoms with Crippen molar-refractivity contribution in [3.8, 4) is 0 Å². The molecule has 0 atom stereocenters. The van der Waals surface area contributed by atoms with Crippen molar-refractivity contribution < 1.29 is 13.6 Å². The van der Waals surface area contributed by atoms with Gasteiger partial charge in [-0.1, -0.05) is 17.7 Å². The number of hydrogen-bond acceptors (Lipinski definition) is 2. The van der Waals surface area contributed by atoms with Gasteiger partial charge in [0.1, 0.15) is 0 Å². The first-order chi connectivity index (χ1) is 10.4. The summed E-state index contributed by atoms with van der Waals surface area (Å²) in [5.41, 5.74) is 6.16. The molecule has 0 bridgehead atoms. The Morgan fingerprint density at radius 2 is 1.68 bits per heavy atom. The van der Waals surface area contributed by atoms with E-state index in [9.17, 15) is 13.6 Å². The average Bonchev–Trinajstić information content (AvgIpc) is 2.42. The normalized spacial score (nSPS) is 10.1. The van der Waals surface area contributed by atoms with Crippen LogP contribution in [0, 0.1) is 11.6 Å². The van der Waals surface area contributed by atoms with Crippen LogP contribution in [0.4, 0.5) is 20.2 Å². The van der Waals surface area contributed by atoms with Crippen molar-refractivity contribution in [3.63, 3.8) is 0 Å². The maximum absolute atomic E-state index is 13.2. The van der Waals surface area contributed by atoms with E-state index in [0.717, 1.165) is 12.1 Å². The average molecular weight is 342 g/mol. The third-order valence-electron chi connectivity index (χ3n) is 2.64. The third-order valence-corrected chi connectivity index (χ3v) is 3.06. The number of thiocarbonyl (C=S) groups is 1. The smallest absolute Gasteiger partial charge is 0.257 e. The van der Waals surface area contributed by atoms with Crippen LogP contribution in [-0.4, -0.2) is 11.0 Å². The highest BCUT2D eigenvalue weighted by atomic mass is 35.5. The van der Waals surface area contributed by atoms with Crippen molar-refractivity contribution in [1.82, 2.24) is 0 Å². The molecule has 0 heterocycles. The van der Waals surface area contributed by atoms with Gasteiger partial charge in [0.15, 0.2) is 16.7 Å². The summed E-state index contributed by atoms with van der Waals surface area (Å²) in [6.07, 6.45) is 0. The molecular formula is C14H10ClF2N3OS. The first-order valence-electron chi connectivity index (χ1n) is 5.99. The molecule has 0 unspecified atom stereocenters. The first kappa shape index (κ1) is 16.1. The second kappa shape index (κ2) is 6.67. The minimum atomic E-state index is -1.15. The third kappa shape index (κ3) is 3.90. The molecule has 0 saturated heterocycles. The summed E-state index contributed by atoms with van der Waals surface area (Å²) >= 11 is 10.5. The summed E-state index contributed by atoms with van der Waals surface area (Å²) in [6.45, 7) is 0. The maximum atomic E-state index is 13.2. The second-order valence-electron chi connectivity index (χ2n) is 4.27. The highest BCUT2D eigenvalue weighted by Gasteiger charge is 2.15. The van der Waals surface area contributed by atoms with Crippen LogP contribution in [0.1, 0.15) is 10.4 Å². The summed E-state index contributed by atoms with van der Waals surface area (Å²) in [5, 5.41) is 5.12. The van der Waals surface area contributed by atoms with Crippen molar-refractivity contribution in [2.75, 3.05) is 10.6 Å². The molecule has 0 spiro atoms. The van der Waals surface area contributed by atoms with Gasteiger partial charge in [0.25, 0.3) is 5.91 Å². The molecular weight excluding hydrogens is 332 g/mol. The van der Waals surface area contributed by atoms with Crippen LogP contribution in [0.25, 0.3) is 0 Å². The molecule has 0 aliphatic carbocycles. The molecule has 2 aromatic carbocycles. The summed E-state index contributed by atoms with van der Waals surface area (Å²) in [7, 11) is 0. The summed E-state index contributed by atoms with van der Waals surface area (Å²) in [6, 6.07) is 8.02. The molecule has 0 radical (unpaired) electrons. The number of carbonyl (C=O) groups excluding carboxylic acids is 1. The van der Waals surface area contributed by atoms with Gasteiger partial charge in [0.05, 0.1) is 10.6 Å². The minimum absolute atomic E-state index is 0.0760. The van der Waals surface area contributed by atoms with E-state index in [1.54, 1.807) is 24.3 Å². The van der Waals surface area contributed by atoms with Crippen LogP contribution >= 0.6 is 23.8 Å². The van der Waals surface area contributed by atoms with Crippen LogP contribution in [0.2, 0.25) is 5.02 Å². The number of amides is 1. The summed E-state index contributed by atoms with van der Waals surface area (Å²) in [4.78, 5) is 12.1. The second-order valence-corrected chi connectivity index (χ2v) is 5.12. The molecule has 1 amide bonds. The number of nitrogens with one attached hydrogen (secondary N) is 2. The fraction of sp³-hybridized carbons (Fsp3) is 0. The molecule has 8 heteroatoms. The molecule has 2 aromatic rings. The Bertz CT molecular complexity index is 755. The van der Waals surface area contributed by atoms with Crippen molar-refractivity contribution in [2.45, 2.75) is 0 Å². The fourth-order valence-corrected chi connectivity index (χ4v) is 2.07.